The minimum absolute atomic E-state index is 0.0361. The summed E-state index contributed by atoms with van der Waals surface area (Å²) in [6, 6.07) is 5.49. The van der Waals surface area contributed by atoms with Gasteiger partial charge in [-0.05, 0) is 36.8 Å². The number of amides is 1. The lowest BCUT2D eigenvalue weighted by molar-refractivity contribution is -0.122. The molecule has 8 nitrogen and oxygen atoms in total. The van der Waals surface area contributed by atoms with Crippen LogP contribution in [0.2, 0.25) is 0 Å². The largest absolute Gasteiger partial charge is 0.493 e. The number of carbonyl (C=O) groups is 1. The van der Waals surface area contributed by atoms with Crippen molar-refractivity contribution in [3.8, 4) is 22.9 Å². The molecule has 0 fully saturated rings. The molecular weight excluding hydrogens is 310 g/mol. The zero-order chi connectivity index (χ0) is 17.5. The fourth-order valence-electron chi connectivity index (χ4n) is 2.36. The number of ether oxygens (including phenoxy) is 2. The van der Waals surface area contributed by atoms with Crippen LogP contribution >= 0.6 is 0 Å². The third kappa shape index (κ3) is 4.43. The molecule has 0 saturated carbocycles. The molecule has 1 atom stereocenters. The molecular formula is C16H23N5O3. The lowest BCUT2D eigenvalue weighted by Gasteiger charge is -2.11. The normalized spacial score (nSPS) is 11.8. The van der Waals surface area contributed by atoms with E-state index in [1.54, 1.807) is 26.4 Å². The maximum atomic E-state index is 12.0. The number of rotatable bonds is 8. The van der Waals surface area contributed by atoms with Gasteiger partial charge in [-0.2, -0.15) is 4.80 Å². The molecule has 130 valence electrons. The van der Waals surface area contributed by atoms with Gasteiger partial charge in [0.05, 0.1) is 14.2 Å². The minimum atomic E-state index is -0.132. The first-order valence-electron chi connectivity index (χ1n) is 7.87. The van der Waals surface area contributed by atoms with E-state index in [1.165, 1.54) is 4.80 Å². The highest BCUT2D eigenvalue weighted by atomic mass is 16.5. The minimum Gasteiger partial charge on any atom is -0.493 e. The number of methoxy groups -OCH3 is 2. The molecule has 0 aliphatic carbocycles. The van der Waals surface area contributed by atoms with Crippen LogP contribution in [0.15, 0.2) is 18.2 Å². The Bertz CT molecular complexity index is 686. The second-order valence-electron chi connectivity index (χ2n) is 5.47. The molecule has 8 heteroatoms. The molecule has 2 rings (SSSR count). The molecule has 1 aromatic heterocycles. The van der Waals surface area contributed by atoms with Crippen LogP contribution in [0, 0.1) is 0 Å². The molecule has 1 heterocycles. The Morgan fingerprint density at radius 2 is 2.04 bits per heavy atom. The van der Waals surface area contributed by atoms with Gasteiger partial charge in [-0.15, -0.1) is 10.2 Å². The number of hydrogen-bond acceptors (Lipinski definition) is 6. The van der Waals surface area contributed by atoms with Gasteiger partial charge in [-0.1, -0.05) is 13.3 Å². The smallest absolute Gasteiger partial charge is 0.243 e. The molecule has 0 radical (unpaired) electrons. The lowest BCUT2D eigenvalue weighted by atomic mass is 10.2. The molecule has 24 heavy (non-hydrogen) atoms. The first-order chi connectivity index (χ1) is 11.6. The molecule has 1 amide bonds. The maximum Gasteiger partial charge on any atom is 0.243 e. The average molecular weight is 333 g/mol. The number of nitrogens with one attached hydrogen (secondary N) is 1. The predicted octanol–water partition coefficient (Wildman–Crippen LogP) is 1.66. The van der Waals surface area contributed by atoms with E-state index in [1.807, 2.05) is 13.0 Å². The van der Waals surface area contributed by atoms with Crippen molar-refractivity contribution in [2.75, 3.05) is 14.2 Å². The summed E-state index contributed by atoms with van der Waals surface area (Å²) in [6.07, 6.45) is 1.96. The van der Waals surface area contributed by atoms with Gasteiger partial charge in [-0.3, -0.25) is 4.79 Å². The van der Waals surface area contributed by atoms with E-state index in [2.05, 4.69) is 27.7 Å². The van der Waals surface area contributed by atoms with Gasteiger partial charge < -0.3 is 14.8 Å². The van der Waals surface area contributed by atoms with Crippen LogP contribution in [0.4, 0.5) is 0 Å². The van der Waals surface area contributed by atoms with Crippen LogP contribution in [-0.2, 0) is 11.3 Å². The van der Waals surface area contributed by atoms with E-state index in [0.29, 0.717) is 17.3 Å². The Balaban J connectivity index is 2.06. The topological polar surface area (TPSA) is 91.2 Å². The zero-order valence-corrected chi connectivity index (χ0v) is 14.4. The van der Waals surface area contributed by atoms with Gasteiger partial charge in [0.25, 0.3) is 0 Å². The number of nitrogens with zero attached hydrogens (tertiary/aromatic N) is 4. The number of benzene rings is 1. The Hall–Kier alpha value is -2.64. The van der Waals surface area contributed by atoms with E-state index < -0.39 is 0 Å². The van der Waals surface area contributed by atoms with E-state index in [-0.39, 0.29) is 18.5 Å². The third-order valence-corrected chi connectivity index (χ3v) is 3.51. The quantitative estimate of drug-likeness (QED) is 0.790. The van der Waals surface area contributed by atoms with Crippen molar-refractivity contribution < 1.29 is 14.3 Å². The molecule has 0 saturated heterocycles. The van der Waals surface area contributed by atoms with Crippen molar-refractivity contribution in [2.24, 2.45) is 0 Å². The Morgan fingerprint density at radius 1 is 1.29 bits per heavy atom. The second-order valence-corrected chi connectivity index (χ2v) is 5.47. The summed E-state index contributed by atoms with van der Waals surface area (Å²) in [7, 11) is 3.14. The van der Waals surface area contributed by atoms with E-state index in [0.717, 1.165) is 18.4 Å². The maximum absolute atomic E-state index is 12.0. The average Bonchev–Trinajstić information content (AvgIpc) is 3.02. The summed E-state index contributed by atoms with van der Waals surface area (Å²) in [6.45, 7) is 4.09. The Morgan fingerprint density at radius 3 is 2.71 bits per heavy atom. The van der Waals surface area contributed by atoms with Crippen LogP contribution in [0.25, 0.3) is 11.4 Å². The SMILES string of the molecule is CCC[C@H](C)NC(=O)Cn1nnc(-c2ccc(OC)c(OC)c2)n1. The van der Waals surface area contributed by atoms with E-state index in [9.17, 15) is 4.79 Å². The van der Waals surface area contributed by atoms with Crippen LogP contribution in [0.5, 0.6) is 11.5 Å². The van der Waals surface area contributed by atoms with Crippen LogP contribution in [-0.4, -0.2) is 46.4 Å². The van der Waals surface area contributed by atoms with Crippen molar-refractivity contribution in [3.63, 3.8) is 0 Å². The summed E-state index contributed by atoms with van der Waals surface area (Å²) in [5.41, 5.74) is 0.735. The van der Waals surface area contributed by atoms with Crippen LogP contribution in [0.1, 0.15) is 26.7 Å². The van der Waals surface area contributed by atoms with E-state index >= 15 is 0 Å². The highest BCUT2D eigenvalue weighted by Crippen LogP contribution is 2.30. The third-order valence-electron chi connectivity index (χ3n) is 3.51. The molecule has 0 unspecified atom stereocenters. The van der Waals surface area contributed by atoms with Crippen molar-refractivity contribution in [2.45, 2.75) is 39.3 Å². The first-order valence-corrected chi connectivity index (χ1v) is 7.87. The number of aromatic nitrogens is 4. The Kier molecular flexibility index (Phi) is 6.11. The summed E-state index contributed by atoms with van der Waals surface area (Å²) < 4.78 is 10.5. The molecule has 0 bridgehead atoms. The fraction of sp³-hybridized carbons (Fsp3) is 0.500. The first kappa shape index (κ1) is 17.7. The summed E-state index contributed by atoms with van der Waals surface area (Å²) in [5.74, 6) is 1.49. The summed E-state index contributed by atoms with van der Waals surface area (Å²) in [5, 5.41) is 15.1. The van der Waals surface area contributed by atoms with E-state index in [4.69, 9.17) is 9.47 Å². The Labute approximate surface area is 141 Å². The van der Waals surface area contributed by atoms with Crippen molar-refractivity contribution >= 4 is 5.91 Å². The summed E-state index contributed by atoms with van der Waals surface area (Å²) >= 11 is 0. The van der Waals surface area contributed by atoms with Crippen molar-refractivity contribution in [1.29, 1.82) is 0 Å². The molecule has 0 spiro atoms. The van der Waals surface area contributed by atoms with Crippen molar-refractivity contribution in [1.82, 2.24) is 25.5 Å². The van der Waals surface area contributed by atoms with Gasteiger partial charge in [0, 0.05) is 11.6 Å². The van der Waals surface area contributed by atoms with Gasteiger partial charge in [-0.25, -0.2) is 0 Å². The van der Waals surface area contributed by atoms with Gasteiger partial charge >= 0.3 is 0 Å². The van der Waals surface area contributed by atoms with Gasteiger partial charge in [0.1, 0.15) is 6.54 Å². The molecule has 1 N–H and O–H groups in total. The zero-order valence-electron chi connectivity index (χ0n) is 14.4. The highest BCUT2D eigenvalue weighted by molar-refractivity contribution is 5.75. The fourth-order valence-corrected chi connectivity index (χ4v) is 2.36. The highest BCUT2D eigenvalue weighted by Gasteiger charge is 2.13. The van der Waals surface area contributed by atoms with Crippen molar-refractivity contribution in [3.05, 3.63) is 18.2 Å². The number of tetrazole rings is 1. The number of carbonyl (C=O) groups excluding carboxylic acids is 1. The predicted molar refractivity (Wildman–Crippen MR) is 88.9 cm³/mol. The van der Waals surface area contributed by atoms with Gasteiger partial charge in [0.15, 0.2) is 11.5 Å². The number of hydrogen-bond donors (Lipinski definition) is 1. The molecule has 0 aliphatic rings. The molecule has 2 aromatic rings. The standard InChI is InChI=1S/C16H23N5O3/c1-5-6-11(2)17-15(22)10-21-19-16(18-20-21)12-7-8-13(23-3)14(9-12)24-4/h7-9,11H,5-6,10H2,1-4H3,(H,17,22)/t11-/m0/s1. The summed E-state index contributed by atoms with van der Waals surface area (Å²) in [4.78, 5) is 13.2. The van der Waals surface area contributed by atoms with Crippen LogP contribution in [0.3, 0.4) is 0 Å². The van der Waals surface area contributed by atoms with Crippen LogP contribution < -0.4 is 14.8 Å². The monoisotopic (exact) mass is 333 g/mol. The second kappa shape index (κ2) is 8.28. The molecule has 0 aliphatic heterocycles. The molecule has 1 aromatic carbocycles. The lowest BCUT2D eigenvalue weighted by Crippen LogP contribution is -2.35. The van der Waals surface area contributed by atoms with Gasteiger partial charge in [0.2, 0.25) is 11.7 Å².